The van der Waals surface area contributed by atoms with Gasteiger partial charge in [0, 0.05) is 18.1 Å². The minimum atomic E-state index is 0.0323. The molecule has 0 amide bonds. The first kappa shape index (κ1) is 13.9. The molecule has 3 heteroatoms. The fraction of sp³-hybridized carbons (Fsp3) is 1.00. The van der Waals surface area contributed by atoms with Gasteiger partial charge in [-0.3, -0.25) is 4.90 Å². The third-order valence-corrected chi connectivity index (χ3v) is 4.20. The average Bonchev–Trinajstić information content (AvgIpc) is 2.17. The van der Waals surface area contributed by atoms with Crippen molar-refractivity contribution in [3.8, 4) is 0 Å². The predicted molar refractivity (Wildman–Crippen MR) is 68.3 cm³/mol. The lowest BCUT2D eigenvalue weighted by atomic mass is 9.75. The summed E-state index contributed by atoms with van der Waals surface area (Å²) in [5.41, 5.74) is 6.41. The van der Waals surface area contributed by atoms with Crippen LogP contribution in [0.5, 0.6) is 0 Å². The molecule has 1 saturated carbocycles. The maximum atomic E-state index is 9.38. The molecule has 2 unspecified atom stereocenters. The second kappa shape index (κ2) is 5.48. The van der Waals surface area contributed by atoms with Crippen molar-refractivity contribution in [3.05, 3.63) is 0 Å². The summed E-state index contributed by atoms with van der Waals surface area (Å²) in [7, 11) is 2.10. The zero-order valence-corrected chi connectivity index (χ0v) is 11.2. The topological polar surface area (TPSA) is 49.5 Å². The molecule has 1 aliphatic carbocycles. The number of hydrogen-bond donors (Lipinski definition) is 2. The first-order valence-corrected chi connectivity index (χ1v) is 6.46. The Bertz CT molecular complexity index is 206. The van der Waals surface area contributed by atoms with Gasteiger partial charge >= 0.3 is 0 Å². The Balaban J connectivity index is 2.52. The summed E-state index contributed by atoms with van der Waals surface area (Å²) in [6.07, 6.45) is 5.01. The predicted octanol–water partition coefficient (Wildman–Crippen LogP) is 1.60. The molecule has 0 spiro atoms. The van der Waals surface area contributed by atoms with Crippen LogP contribution in [0, 0.1) is 5.41 Å². The summed E-state index contributed by atoms with van der Waals surface area (Å²) >= 11 is 0. The standard InChI is InChI=1S/C13H28N2O/c1-10(14)12(9-16)15(4)11-5-7-13(2,3)8-6-11/h10-12,16H,5-9,14H2,1-4H3. The van der Waals surface area contributed by atoms with E-state index in [0.29, 0.717) is 11.5 Å². The van der Waals surface area contributed by atoms with Crippen LogP contribution < -0.4 is 5.73 Å². The van der Waals surface area contributed by atoms with E-state index in [1.807, 2.05) is 6.92 Å². The smallest absolute Gasteiger partial charge is 0.0601 e. The van der Waals surface area contributed by atoms with E-state index >= 15 is 0 Å². The quantitative estimate of drug-likeness (QED) is 0.768. The Hall–Kier alpha value is -0.120. The molecule has 0 aromatic heterocycles. The second-order valence-corrected chi connectivity index (χ2v) is 6.17. The first-order chi connectivity index (χ1) is 7.37. The van der Waals surface area contributed by atoms with Gasteiger partial charge in [-0.15, -0.1) is 0 Å². The lowest BCUT2D eigenvalue weighted by Crippen LogP contribution is -2.52. The number of aliphatic hydroxyl groups is 1. The van der Waals surface area contributed by atoms with Gasteiger partial charge in [0.1, 0.15) is 0 Å². The summed E-state index contributed by atoms with van der Waals surface area (Å²) in [5.74, 6) is 0. The fourth-order valence-electron chi connectivity index (χ4n) is 2.73. The van der Waals surface area contributed by atoms with Crippen LogP contribution in [0.3, 0.4) is 0 Å². The second-order valence-electron chi connectivity index (χ2n) is 6.17. The zero-order valence-electron chi connectivity index (χ0n) is 11.2. The van der Waals surface area contributed by atoms with Gasteiger partial charge in [-0.1, -0.05) is 13.8 Å². The Labute approximate surface area is 100 Å². The summed E-state index contributed by atoms with van der Waals surface area (Å²) in [5, 5.41) is 9.38. The maximum absolute atomic E-state index is 9.38. The third-order valence-electron chi connectivity index (χ3n) is 4.20. The minimum Gasteiger partial charge on any atom is -0.395 e. The highest BCUT2D eigenvalue weighted by Gasteiger charge is 2.32. The number of aliphatic hydroxyl groups excluding tert-OH is 1. The normalized spacial score (nSPS) is 25.7. The molecule has 0 aromatic rings. The van der Waals surface area contributed by atoms with Crippen molar-refractivity contribution >= 4 is 0 Å². The van der Waals surface area contributed by atoms with Crippen LogP contribution in [-0.4, -0.2) is 41.8 Å². The van der Waals surface area contributed by atoms with E-state index in [2.05, 4.69) is 25.8 Å². The monoisotopic (exact) mass is 228 g/mol. The Morgan fingerprint density at radius 1 is 1.38 bits per heavy atom. The van der Waals surface area contributed by atoms with Gasteiger partial charge in [-0.25, -0.2) is 0 Å². The lowest BCUT2D eigenvalue weighted by Gasteiger charge is -2.42. The zero-order chi connectivity index (χ0) is 12.3. The molecule has 0 saturated heterocycles. The van der Waals surface area contributed by atoms with Gasteiger partial charge in [0.25, 0.3) is 0 Å². The number of nitrogens with zero attached hydrogens (tertiary/aromatic N) is 1. The molecule has 0 heterocycles. The van der Waals surface area contributed by atoms with Crippen LogP contribution in [-0.2, 0) is 0 Å². The Kier molecular flexibility index (Phi) is 4.77. The van der Waals surface area contributed by atoms with Crippen molar-refractivity contribution in [2.24, 2.45) is 11.1 Å². The molecule has 2 atom stereocenters. The van der Waals surface area contributed by atoms with Crippen molar-refractivity contribution in [1.29, 1.82) is 0 Å². The van der Waals surface area contributed by atoms with Crippen LogP contribution in [0.1, 0.15) is 46.5 Å². The molecule has 16 heavy (non-hydrogen) atoms. The minimum absolute atomic E-state index is 0.0323. The summed E-state index contributed by atoms with van der Waals surface area (Å²) in [6.45, 7) is 6.83. The molecule has 96 valence electrons. The number of hydrogen-bond acceptors (Lipinski definition) is 3. The molecule has 0 bridgehead atoms. The molecule has 1 rings (SSSR count). The molecule has 0 aromatic carbocycles. The molecule has 0 radical (unpaired) electrons. The van der Waals surface area contributed by atoms with Crippen LogP contribution >= 0.6 is 0 Å². The van der Waals surface area contributed by atoms with E-state index in [1.165, 1.54) is 25.7 Å². The van der Waals surface area contributed by atoms with Crippen LogP contribution in [0.2, 0.25) is 0 Å². The fourth-order valence-corrected chi connectivity index (χ4v) is 2.73. The van der Waals surface area contributed by atoms with Crippen LogP contribution in [0.25, 0.3) is 0 Å². The van der Waals surface area contributed by atoms with Crippen molar-refractivity contribution in [1.82, 2.24) is 4.90 Å². The van der Waals surface area contributed by atoms with E-state index < -0.39 is 0 Å². The van der Waals surface area contributed by atoms with E-state index in [0.717, 1.165) is 0 Å². The summed E-state index contributed by atoms with van der Waals surface area (Å²) in [6, 6.07) is 0.729. The van der Waals surface area contributed by atoms with Crippen molar-refractivity contribution in [2.75, 3.05) is 13.7 Å². The van der Waals surface area contributed by atoms with Crippen LogP contribution in [0.4, 0.5) is 0 Å². The van der Waals surface area contributed by atoms with Gasteiger partial charge in [0.2, 0.25) is 0 Å². The SMILES string of the molecule is CC(N)C(CO)N(C)C1CCC(C)(C)CC1. The van der Waals surface area contributed by atoms with E-state index in [1.54, 1.807) is 0 Å². The Morgan fingerprint density at radius 2 is 1.88 bits per heavy atom. The van der Waals surface area contributed by atoms with Crippen molar-refractivity contribution in [2.45, 2.75) is 64.6 Å². The molecule has 3 nitrogen and oxygen atoms in total. The highest BCUT2D eigenvalue weighted by Crippen LogP contribution is 2.37. The van der Waals surface area contributed by atoms with Crippen LogP contribution in [0.15, 0.2) is 0 Å². The van der Waals surface area contributed by atoms with Crippen molar-refractivity contribution < 1.29 is 5.11 Å². The van der Waals surface area contributed by atoms with Gasteiger partial charge in [-0.05, 0) is 45.1 Å². The summed E-state index contributed by atoms with van der Waals surface area (Å²) in [4.78, 5) is 2.29. The number of rotatable bonds is 4. The van der Waals surface area contributed by atoms with Gasteiger partial charge in [0.05, 0.1) is 6.61 Å². The summed E-state index contributed by atoms with van der Waals surface area (Å²) < 4.78 is 0. The number of nitrogens with two attached hydrogens (primary N) is 1. The third kappa shape index (κ3) is 3.44. The Morgan fingerprint density at radius 3 is 2.25 bits per heavy atom. The maximum Gasteiger partial charge on any atom is 0.0601 e. The number of likely N-dealkylation sites (N-methyl/N-ethyl adjacent to an activating group) is 1. The van der Waals surface area contributed by atoms with E-state index in [4.69, 9.17) is 5.73 Å². The highest BCUT2D eigenvalue weighted by atomic mass is 16.3. The van der Waals surface area contributed by atoms with E-state index in [9.17, 15) is 5.11 Å². The van der Waals surface area contributed by atoms with Gasteiger partial charge in [-0.2, -0.15) is 0 Å². The van der Waals surface area contributed by atoms with Gasteiger partial charge < -0.3 is 10.8 Å². The molecule has 1 fully saturated rings. The molecule has 0 aliphatic heterocycles. The molecule has 3 N–H and O–H groups in total. The van der Waals surface area contributed by atoms with Crippen molar-refractivity contribution in [3.63, 3.8) is 0 Å². The largest absolute Gasteiger partial charge is 0.395 e. The van der Waals surface area contributed by atoms with E-state index in [-0.39, 0.29) is 18.7 Å². The molecular formula is C13H28N2O. The lowest BCUT2D eigenvalue weighted by molar-refractivity contribution is 0.0560. The first-order valence-electron chi connectivity index (χ1n) is 6.46. The molecule has 1 aliphatic rings. The average molecular weight is 228 g/mol. The highest BCUT2D eigenvalue weighted by molar-refractivity contribution is 4.87. The van der Waals surface area contributed by atoms with Gasteiger partial charge in [0.15, 0.2) is 0 Å². The molecular weight excluding hydrogens is 200 g/mol.